The normalized spacial score (nSPS) is 27.8. The number of anilines is 1. The molecule has 1 aliphatic heterocycles. The number of ether oxygens (including phenoxy) is 2. The summed E-state index contributed by atoms with van der Waals surface area (Å²) in [5.41, 5.74) is 0.572. The second-order valence-corrected chi connectivity index (χ2v) is 7.39. The summed E-state index contributed by atoms with van der Waals surface area (Å²) in [6.45, 7) is 1.21. The minimum Gasteiger partial charge on any atom is -0.377 e. The van der Waals surface area contributed by atoms with Gasteiger partial charge in [0, 0.05) is 38.5 Å². The number of hydrogen-bond donors (Lipinski definition) is 2. The summed E-state index contributed by atoms with van der Waals surface area (Å²) < 4.78 is 10.8. The summed E-state index contributed by atoms with van der Waals surface area (Å²) in [5, 5.41) is 5.99. The number of rotatable bonds is 7. The van der Waals surface area contributed by atoms with Crippen molar-refractivity contribution in [2.24, 2.45) is 0 Å². The van der Waals surface area contributed by atoms with Gasteiger partial charge in [-0.25, -0.2) is 0 Å². The van der Waals surface area contributed by atoms with Crippen molar-refractivity contribution in [3.8, 4) is 0 Å². The van der Waals surface area contributed by atoms with Crippen LogP contribution in [0.2, 0.25) is 0 Å². The molecule has 1 saturated heterocycles. The van der Waals surface area contributed by atoms with Gasteiger partial charge in [0.05, 0.1) is 12.1 Å². The second kappa shape index (κ2) is 8.82. The first-order valence-electron chi connectivity index (χ1n) is 9.49. The van der Waals surface area contributed by atoms with Gasteiger partial charge in [-0.2, -0.15) is 0 Å². The average molecular weight is 375 g/mol. The molecule has 0 spiro atoms. The lowest BCUT2D eigenvalue weighted by atomic mass is 9.78. The van der Waals surface area contributed by atoms with E-state index >= 15 is 0 Å². The second-order valence-electron chi connectivity index (χ2n) is 7.39. The number of likely N-dealkylation sites (tertiary alicyclic amines) is 1. The van der Waals surface area contributed by atoms with Gasteiger partial charge in [0.2, 0.25) is 11.8 Å². The summed E-state index contributed by atoms with van der Waals surface area (Å²) in [7, 11) is 3.27. The van der Waals surface area contributed by atoms with E-state index in [1.165, 1.54) is 7.11 Å². The fourth-order valence-electron chi connectivity index (χ4n) is 4.42. The molecule has 0 bridgehead atoms. The lowest BCUT2D eigenvalue weighted by Gasteiger charge is -2.43. The van der Waals surface area contributed by atoms with Crippen LogP contribution in [-0.4, -0.2) is 68.3 Å². The monoisotopic (exact) mass is 375 g/mol. The molecule has 2 aliphatic rings. The number of hydrogen-bond acceptors (Lipinski definition) is 5. The van der Waals surface area contributed by atoms with Crippen LogP contribution in [0.5, 0.6) is 0 Å². The van der Waals surface area contributed by atoms with E-state index in [4.69, 9.17) is 9.47 Å². The Morgan fingerprint density at radius 2 is 1.96 bits per heavy atom. The standard InChI is InChI=1S/C20H29N3O4/c1-26-14-19(25)22-16-8-9-20(27-2)10-11-23(17(20)12-16)13-18(24)21-15-6-4-3-5-7-15/h3-7,16-17H,8-14H2,1-2H3,(H,21,24)(H,22,25)/t16-,17+,20-/m1/s1. The van der Waals surface area contributed by atoms with E-state index in [-0.39, 0.29) is 36.1 Å². The molecule has 0 aromatic heterocycles. The average Bonchev–Trinajstić information content (AvgIpc) is 3.01. The number of nitrogens with zero attached hydrogens (tertiary/aromatic N) is 1. The van der Waals surface area contributed by atoms with Crippen molar-refractivity contribution < 1.29 is 19.1 Å². The maximum absolute atomic E-state index is 12.5. The molecule has 7 heteroatoms. The van der Waals surface area contributed by atoms with Gasteiger partial charge >= 0.3 is 0 Å². The predicted octanol–water partition coefficient (Wildman–Crippen LogP) is 1.40. The third kappa shape index (κ3) is 4.66. The number of benzene rings is 1. The molecule has 3 rings (SSSR count). The van der Waals surface area contributed by atoms with Gasteiger partial charge in [-0.15, -0.1) is 0 Å². The Morgan fingerprint density at radius 3 is 2.67 bits per heavy atom. The van der Waals surface area contributed by atoms with Crippen molar-refractivity contribution in [1.82, 2.24) is 10.2 Å². The zero-order valence-corrected chi connectivity index (χ0v) is 16.1. The highest BCUT2D eigenvalue weighted by Crippen LogP contribution is 2.42. The minimum atomic E-state index is -0.227. The highest BCUT2D eigenvalue weighted by atomic mass is 16.5. The Balaban J connectivity index is 1.62. The van der Waals surface area contributed by atoms with Gasteiger partial charge < -0.3 is 20.1 Å². The molecule has 1 saturated carbocycles. The smallest absolute Gasteiger partial charge is 0.246 e. The minimum absolute atomic E-state index is 0.0290. The molecule has 7 nitrogen and oxygen atoms in total. The van der Waals surface area contributed by atoms with E-state index in [0.29, 0.717) is 6.54 Å². The van der Waals surface area contributed by atoms with Gasteiger partial charge in [0.1, 0.15) is 6.61 Å². The molecule has 2 amide bonds. The number of fused-ring (bicyclic) bond motifs is 1. The van der Waals surface area contributed by atoms with Crippen LogP contribution >= 0.6 is 0 Å². The van der Waals surface area contributed by atoms with E-state index in [1.807, 2.05) is 30.3 Å². The molecule has 0 unspecified atom stereocenters. The summed E-state index contributed by atoms with van der Waals surface area (Å²) in [5.74, 6) is -0.127. The number of para-hydroxylation sites is 1. The third-order valence-corrected chi connectivity index (χ3v) is 5.75. The molecule has 1 aromatic carbocycles. The van der Waals surface area contributed by atoms with Gasteiger partial charge in [-0.1, -0.05) is 18.2 Å². The number of carbonyl (C=O) groups excluding carboxylic acids is 2. The summed E-state index contributed by atoms with van der Waals surface area (Å²) in [6.07, 6.45) is 3.44. The Morgan fingerprint density at radius 1 is 1.19 bits per heavy atom. The molecule has 3 atom stereocenters. The van der Waals surface area contributed by atoms with Gasteiger partial charge in [-0.05, 0) is 37.8 Å². The van der Waals surface area contributed by atoms with E-state index in [9.17, 15) is 9.59 Å². The SMILES string of the molecule is COCC(=O)N[C@@H]1CC[C@@]2(OC)CCN(CC(=O)Nc3ccccc3)[C@H]2C1. The fraction of sp³-hybridized carbons (Fsp3) is 0.600. The van der Waals surface area contributed by atoms with Gasteiger partial charge in [0.25, 0.3) is 0 Å². The van der Waals surface area contributed by atoms with Gasteiger partial charge in [-0.3, -0.25) is 14.5 Å². The molecular weight excluding hydrogens is 346 g/mol. The first kappa shape index (κ1) is 19.8. The fourth-order valence-corrected chi connectivity index (χ4v) is 4.42. The van der Waals surface area contributed by atoms with E-state index in [0.717, 1.165) is 37.9 Å². The molecule has 1 aromatic rings. The molecule has 27 heavy (non-hydrogen) atoms. The molecule has 0 radical (unpaired) electrons. The van der Waals surface area contributed by atoms with E-state index in [1.54, 1.807) is 7.11 Å². The van der Waals surface area contributed by atoms with Crippen LogP contribution in [0.3, 0.4) is 0 Å². The van der Waals surface area contributed by atoms with Crippen LogP contribution in [0, 0.1) is 0 Å². The molecule has 1 aliphatic carbocycles. The van der Waals surface area contributed by atoms with Crippen LogP contribution in [0.15, 0.2) is 30.3 Å². The van der Waals surface area contributed by atoms with Crippen molar-refractivity contribution in [3.63, 3.8) is 0 Å². The summed E-state index contributed by atoms with van der Waals surface area (Å²) in [4.78, 5) is 26.6. The number of methoxy groups -OCH3 is 2. The van der Waals surface area contributed by atoms with Crippen molar-refractivity contribution in [1.29, 1.82) is 0 Å². The van der Waals surface area contributed by atoms with Gasteiger partial charge in [0.15, 0.2) is 0 Å². The first-order valence-corrected chi connectivity index (χ1v) is 9.49. The Hall–Kier alpha value is -1.96. The quantitative estimate of drug-likeness (QED) is 0.753. The van der Waals surface area contributed by atoms with Crippen LogP contribution in [0.25, 0.3) is 0 Å². The Bertz CT molecular complexity index is 654. The number of amides is 2. The van der Waals surface area contributed by atoms with Crippen molar-refractivity contribution in [2.75, 3.05) is 39.2 Å². The van der Waals surface area contributed by atoms with Crippen molar-refractivity contribution in [2.45, 2.75) is 43.4 Å². The van der Waals surface area contributed by atoms with Crippen LogP contribution in [-0.2, 0) is 19.1 Å². The lowest BCUT2D eigenvalue weighted by Crippen LogP contribution is -2.55. The molecule has 1 heterocycles. The highest BCUT2D eigenvalue weighted by Gasteiger charge is 2.51. The Kier molecular flexibility index (Phi) is 6.46. The predicted molar refractivity (Wildman–Crippen MR) is 102 cm³/mol. The third-order valence-electron chi connectivity index (χ3n) is 5.75. The zero-order chi connectivity index (χ0) is 19.3. The first-order chi connectivity index (χ1) is 13.1. The molecule has 2 N–H and O–H groups in total. The van der Waals surface area contributed by atoms with Crippen molar-refractivity contribution >= 4 is 17.5 Å². The molecule has 148 valence electrons. The topological polar surface area (TPSA) is 79.9 Å². The summed E-state index contributed by atoms with van der Waals surface area (Å²) >= 11 is 0. The number of carbonyl (C=O) groups is 2. The number of nitrogens with one attached hydrogen (secondary N) is 2. The maximum atomic E-state index is 12.5. The highest BCUT2D eigenvalue weighted by molar-refractivity contribution is 5.92. The van der Waals surface area contributed by atoms with E-state index < -0.39 is 0 Å². The van der Waals surface area contributed by atoms with Crippen LogP contribution < -0.4 is 10.6 Å². The maximum Gasteiger partial charge on any atom is 0.246 e. The van der Waals surface area contributed by atoms with Crippen LogP contribution in [0.4, 0.5) is 5.69 Å². The Labute approximate surface area is 160 Å². The van der Waals surface area contributed by atoms with Crippen LogP contribution in [0.1, 0.15) is 25.7 Å². The molecule has 2 fully saturated rings. The molecular formula is C20H29N3O4. The summed E-state index contributed by atoms with van der Waals surface area (Å²) in [6, 6.07) is 9.67. The zero-order valence-electron chi connectivity index (χ0n) is 16.1. The lowest BCUT2D eigenvalue weighted by molar-refractivity contribution is -0.127. The van der Waals surface area contributed by atoms with E-state index in [2.05, 4.69) is 15.5 Å². The largest absolute Gasteiger partial charge is 0.377 e. The van der Waals surface area contributed by atoms with Crippen molar-refractivity contribution in [3.05, 3.63) is 30.3 Å².